The van der Waals surface area contributed by atoms with E-state index in [-0.39, 0.29) is 6.10 Å². The van der Waals surface area contributed by atoms with Gasteiger partial charge in [0, 0.05) is 12.7 Å². The van der Waals surface area contributed by atoms with Gasteiger partial charge in [0.05, 0.1) is 4.90 Å². The quantitative estimate of drug-likeness (QED) is 0.720. The van der Waals surface area contributed by atoms with E-state index in [1.807, 2.05) is 13.1 Å². The van der Waals surface area contributed by atoms with E-state index in [9.17, 15) is 0 Å². The molecule has 1 aromatic heterocycles. The van der Waals surface area contributed by atoms with Crippen molar-refractivity contribution >= 4 is 11.9 Å². The van der Waals surface area contributed by atoms with Gasteiger partial charge in [-0.2, -0.15) is 0 Å². The fourth-order valence-electron chi connectivity index (χ4n) is 1.33. The molecule has 1 aromatic rings. The van der Waals surface area contributed by atoms with Gasteiger partial charge in [-0.1, -0.05) is 6.92 Å². The Balaban J connectivity index is 2.27. The Hall–Kier alpha value is -0.740. The maximum absolute atomic E-state index is 5.77. The van der Waals surface area contributed by atoms with Crippen molar-refractivity contribution in [1.82, 2.24) is 9.71 Å². The molecule has 1 aliphatic heterocycles. The molecule has 0 bridgehead atoms. The number of ether oxygens (including phenoxy) is 1. The molecular formula is C10H14N2OS. The molecular weight excluding hydrogens is 196 g/mol. The Labute approximate surface area is 88.4 Å². The van der Waals surface area contributed by atoms with Gasteiger partial charge >= 0.3 is 0 Å². The lowest BCUT2D eigenvalue weighted by molar-refractivity contribution is 0.191. The van der Waals surface area contributed by atoms with Crippen LogP contribution >= 0.6 is 11.9 Å². The fourth-order valence-corrected chi connectivity index (χ4v) is 2.19. The van der Waals surface area contributed by atoms with Crippen molar-refractivity contribution in [3.63, 3.8) is 0 Å². The van der Waals surface area contributed by atoms with E-state index in [0.717, 1.165) is 29.3 Å². The first-order valence-corrected chi connectivity index (χ1v) is 5.64. The van der Waals surface area contributed by atoms with Crippen LogP contribution in [0, 0.1) is 6.92 Å². The average molecular weight is 210 g/mol. The summed E-state index contributed by atoms with van der Waals surface area (Å²) >= 11 is 1.61. The predicted molar refractivity (Wildman–Crippen MR) is 57.5 cm³/mol. The molecule has 3 nitrogen and oxygen atoms in total. The minimum Gasteiger partial charge on any atom is -0.472 e. The van der Waals surface area contributed by atoms with Crippen molar-refractivity contribution in [1.29, 1.82) is 0 Å². The second-order valence-electron chi connectivity index (χ2n) is 3.41. The van der Waals surface area contributed by atoms with E-state index in [1.165, 1.54) is 0 Å². The maximum Gasteiger partial charge on any atom is 0.228 e. The molecule has 4 heteroatoms. The number of aryl methyl sites for hydroxylation is 1. The highest BCUT2D eigenvalue weighted by Crippen LogP contribution is 2.29. The minimum atomic E-state index is 0.235. The molecule has 0 fully saturated rings. The second-order valence-corrected chi connectivity index (χ2v) is 4.35. The Kier molecular flexibility index (Phi) is 2.93. The van der Waals surface area contributed by atoms with Gasteiger partial charge < -0.3 is 4.74 Å². The zero-order chi connectivity index (χ0) is 9.97. The standard InChI is InChI=1S/C10H14N2OS/c1-3-8-6-12-14-9-4-7(2)5-11-10(9)13-8/h4-5,8,12H,3,6H2,1-2H3/t8-/m1/s1. The van der Waals surface area contributed by atoms with Crippen molar-refractivity contribution < 1.29 is 4.74 Å². The summed E-state index contributed by atoms with van der Waals surface area (Å²) in [5, 5.41) is 0. The Morgan fingerprint density at radius 2 is 2.57 bits per heavy atom. The molecule has 0 spiro atoms. The molecule has 0 unspecified atom stereocenters. The zero-order valence-electron chi connectivity index (χ0n) is 8.41. The number of nitrogens with zero attached hydrogens (tertiary/aromatic N) is 1. The lowest BCUT2D eigenvalue weighted by Crippen LogP contribution is -2.25. The van der Waals surface area contributed by atoms with Crippen molar-refractivity contribution in [3.8, 4) is 5.88 Å². The smallest absolute Gasteiger partial charge is 0.228 e. The molecule has 1 N–H and O–H groups in total. The second kappa shape index (κ2) is 4.19. The van der Waals surface area contributed by atoms with E-state index in [4.69, 9.17) is 4.74 Å². The number of rotatable bonds is 1. The molecule has 2 rings (SSSR count). The van der Waals surface area contributed by atoms with Gasteiger partial charge in [0.15, 0.2) is 0 Å². The first-order chi connectivity index (χ1) is 6.79. The third kappa shape index (κ3) is 2.01. The lowest BCUT2D eigenvalue weighted by Gasteiger charge is -2.13. The topological polar surface area (TPSA) is 34.2 Å². The van der Waals surface area contributed by atoms with Crippen LogP contribution in [0.3, 0.4) is 0 Å². The van der Waals surface area contributed by atoms with Gasteiger partial charge in [-0.25, -0.2) is 4.98 Å². The summed E-state index contributed by atoms with van der Waals surface area (Å²) in [7, 11) is 0. The summed E-state index contributed by atoms with van der Waals surface area (Å²) in [4.78, 5) is 5.38. The minimum absolute atomic E-state index is 0.235. The van der Waals surface area contributed by atoms with Crippen LogP contribution < -0.4 is 9.46 Å². The fraction of sp³-hybridized carbons (Fsp3) is 0.500. The molecule has 76 valence electrons. The first-order valence-electron chi connectivity index (χ1n) is 4.82. The van der Waals surface area contributed by atoms with Crippen LogP contribution in [0.25, 0.3) is 0 Å². The Morgan fingerprint density at radius 3 is 3.36 bits per heavy atom. The van der Waals surface area contributed by atoms with Gasteiger partial charge in [0.2, 0.25) is 5.88 Å². The number of nitrogens with one attached hydrogen (secondary N) is 1. The van der Waals surface area contributed by atoms with Crippen LogP contribution in [-0.2, 0) is 0 Å². The number of hydrogen-bond acceptors (Lipinski definition) is 4. The Bertz CT molecular complexity index is 330. The molecule has 0 aliphatic carbocycles. The first kappa shape index (κ1) is 9.80. The van der Waals surface area contributed by atoms with Crippen LogP contribution in [0.1, 0.15) is 18.9 Å². The molecule has 1 aliphatic rings. The van der Waals surface area contributed by atoms with Crippen molar-refractivity contribution in [2.24, 2.45) is 0 Å². The average Bonchev–Trinajstić information content (AvgIpc) is 2.38. The maximum atomic E-state index is 5.77. The highest BCUT2D eigenvalue weighted by molar-refractivity contribution is 7.97. The van der Waals surface area contributed by atoms with Gasteiger partial charge in [-0.15, -0.1) is 0 Å². The molecule has 0 amide bonds. The summed E-state index contributed by atoms with van der Waals surface area (Å²) in [6.07, 6.45) is 3.08. The third-order valence-electron chi connectivity index (χ3n) is 2.18. The van der Waals surface area contributed by atoms with Crippen LogP contribution in [0.2, 0.25) is 0 Å². The van der Waals surface area contributed by atoms with Crippen LogP contribution in [0.4, 0.5) is 0 Å². The van der Waals surface area contributed by atoms with Crippen molar-refractivity contribution in [2.45, 2.75) is 31.3 Å². The Morgan fingerprint density at radius 1 is 1.71 bits per heavy atom. The molecule has 1 atom stereocenters. The largest absolute Gasteiger partial charge is 0.472 e. The molecule has 0 saturated carbocycles. The van der Waals surface area contributed by atoms with Crippen LogP contribution in [0.15, 0.2) is 17.2 Å². The molecule has 0 saturated heterocycles. The molecule has 14 heavy (non-hydrogen) atoms. The zero-order valence-corrected chi connectivity index (χ0v) is 9.23. The number of aromatic nitrogens is 1. The summed E-state index contributed by atoms with van der Waals surface area (Å²) in [6, 6.07) is 2.10. The van der Waals surface area contributed by atoms with Crippen LogP contribution in [-0.4, -0.2) is 17.6 Å². The number of fused-ring (bicyclic) bond motifs is 1. The van der Waals surface area contributed by atoms with E-state index < -0.39 is 0 Å². The summed E-state index contributed by atoms with van der Waals surface area (Å²) in [6.45, 7) is 5.03. The number of pyridine rings is 1. The van der Waals surface area contributed by atoms with Crippen molar-refractivity contribution in [3.05, 3.63) is 17.8 Å². The lowest BCUT2D eigenvalue weighted by atomic mass is 10.3. The SMILES string of the molecule is CC[C@@H]1CNSc2cc(C)cnc2O1. The van der Waals surface area contributed by atoms with E-state index in [0.29, 0.717) is 0 Å². The normalized spacial score (nSPS) is 20.9. The third-order valence-corrected chi connectivity index (χ3v) is 3.01. The van der Waals surface area contributed by atoms with E-state index in [1.54, 1.807) is 11.9 Å². The monoisotopic (exact) mass is 210 g/mol. The predicted octanol–water partition coefficient (Wildman–Crippen LogP) is 2.16. The summed E-state index contributed by atoms with van der Waals surface area (Å²) in [5.74, 6) is 0.762. The molecule has 0 aromatic carbocycles. The van der Waals surface area contributed by atoms with Crippen molar-refractivity contribution in [2.75, 3.05) is 6.54 Å². The van der Waals surface area contributed by atoms with Gasteiger partial charge in [-0.05, 0) is 36.9 Å². The highest BCUT2D eigenvalue weighted by Gasteiger charge is 2.17. The summed E-state index contributed by atoms with van der Waals surface area (Å²) < 4.78 is 9.05. The summed E-state index contributed by atoms with van der Waals surface area (Å²) in [5.41, 5.74) is 1.16. The van der Waals surface area contributed by atoms with Gasteiger partial charge in [0.25, 0.3) is 0 Å². The molecule has 0 radical (unpaired) electrons. The van der Waals surface area contributed by atoms with E-state index in [2.05, 4.69) is 22.7 Å². The molecule has 2 heterocycles. The highest BCUT2D eigenvalue weighted by atomic mass is 32.2. The van der Waals surface area contributed by atoms with Gasteiger partial charge in [-0.3, -0.25) is 4.72 Å². The van der Waals surface area contributed by atoms with E-state index >= 15 is 0 Å². The van der Waals surface area contributed by atoms with Crippen LogP contribution in [0.5, 0.6) is 5.88 Å². The van der Waals surface area contributed by atoms with Gasteiger partial charge in [0.1, 0.15) is 6.10 Å². The number of hydrogen-bond donors (Lipinski definition) is 1.